The molecular weight excluding hydrogens is 665 g/mol. The zero-order valence-electron chi connectivity index (χ0n) is 27.2. The number of anilines is 1. The van der Waals surface area contributed by atoms with Crippen molar-refractivity contribution in [1.29, 1.82) is 0 Å². The van der Waals surface area contributed by atoms with Crippen LogP contribution in [0.5, 0.6) is 0 Å². The Kier molecular flexibility index (Phi) is 11.8. The molecule has 7 nitrogen and oxygen atoms in total. The van der Waals surface area contributed by atoms with Crippen molar-refractivity contribution >= 4 is 50.7 Å². The summed E-state index contributed by atoms with van der Waals surface area (Å²) < 4.78 is 29.8. The smallest absolute Gasteiger partial charge is 0.264 e. The Morgan fingerprint density at radius 2 is 1.46 bits per heavy atom. The second-order valence-electron chi connectivity index (χ2n) is 12.5. The highest BCUT2D eigenvalue weighted by Crippen LogP contribution is 2.30. The van der Waals surface area contributed by atoms with Crippen LogP contribution in [0.1, 0.15) is 54.4 Å². The molecule has 10 heteroatoms. The fraction of sp³-hybridized carbons (Fsp3) is 0.316. The number of nitrogens with one attached hydrogen (secondary N) is 1. The zero-order chi connectivity index (χ0) is 34.3. The maximum atomic E-state index is 14.7. The van der Waals surface area contributed by atoms with Crippen molar-refractivity contribution in [1.82, 2.24) is 10.2 Å². The molecule has 0 heterocycles. The monoisotopic (exact) mass is 705 g/mol. The lowest BCUT2D eigenvalue weighted by atomic mass is 9.94. The van der Waals surface area contributed by atoms with Gasteiger partial charge in [0.2, 0.25) is 11.8 Å². The number of carbonyl (C=O) groups is 2. The SMILES string of the molecule is Cc1ccc(S(=O)(=O)N(CC(=O)N(Cc2ccc(Cl)cc2)[C@H](Cc2ccccc2)C(=O)NC2CCCCC2)c2ccc(Cl)cc2C)cc1. The summed E-state index contributed by atoms with van der Waals surface area (Å²) in [7, 11) is -4.22. The van der Waals surface area contributed by atoms with E-state index >= 15 is 0 Å². The van der Waals surface area contributed by atoms with Crippen molar-refractivity contribution in [2.45, 2.75) is 75.9 Å². The van der Waals surface area contributed by atoms with Gasteiger partial charge in [-0.2, -0.15) is 0 Å². The van der Waals surface area contributed by atoms with E-state index in [1.807, 2.05) is 49.4 Å². The number of nitrogens with zero attached hydrogens (tertiary/aromatic N) is 2. The maximum absolute atomic E-state index is 14.7. The van der Waals surface area contributed by atoms with Crippen LogP contribution in [0.4, 0.5) is 5.69 Å². The van der Waals surface area contributed by atoms with Gasteiger partial charge in [0.25, 0.3) is 10.0 Å². The van der Waals surface area contributed by atoms with E-state index in [0.29, 0.717) is 21.3 Å². The normalized spacial score (nSPS) is 14.2. The van der Waals surface area contributed by atoms with Crippen molar-refractivity contribution in [3.63, 3.8) is 0 Å². The van der Waals surface area contributed by atoms with Crippen LogP contribution in [0.15, 0.2) is 102 Å². The molecule has 0 bridgehead atoms. The number of halogens is 2. The van der Waals surface area contributed by atoms with E-state index in [4.69, 9.17) is 23.2 Å². The summed E-state index contributed by atoms with van der Waals surface area (Å²) >= 11 is 12.5. The summed E-state index contributed by atoms with van der Waals surface area (Å²) in [5, 5.41) is 4.22. The van der Waals surface area contributed by atoms with Crippen LogP contribution in [0.3, 0.4) is 0 Å². The van der Waals surface area contributed by atoms with Gasteiger partial charge >= 0.3 is 0 Å². The van der Waals surface area contributed by atoms with E-state index < -0.39 is 28.5 Å². The van der Waals surface area contributed by atoms with Crippen LogP contribution < -0.4 is 9.62 Å². The lowest BCUT2D eigenvalue weighted by Crippen LogP contribution is -2.55. The number of carbonyl (C=O) groups excluding carboxylic acids is 2. The van der Waals surface area contributed by atoms with Crippen LogP contribution in [0.25, 0.3) is 0 Å². The standard InChI is InChI=1S/C38H41Cl2N3O4S/c1-27-13-20-34(21-14-27)48(46,47)43(35-22-19-32(40)23-28(35)2)26-37(44)42(25-30-15-17-31(39)18-16-30)36(24-29-9-5-3-6-10-29)38(45)41-33-11-7-4-8-12-33/h3,5-6,9-10,13-23,33,36H,4,7-8,11-12,24-26H2,1-2H3,(H,41,45)/t36-/m1/s1. The molecule has 1 fully saturated rings. The second kappa shape index (κ2) is 16.0. The Bertz CT molecular complexity index is 1810. The molecule has 0 aliphatic heterocycles. The second-order valence-corrected chi connectivity index (χ2v) is 15.2. The lowest BCUT2D eigenvalue weighted by molar-refractivity contribution is -0.140. The van der Waals surface area contributed by atoms with Gasteiger partial charge in [-0.25, -0.2) is 8.42 Å². The molecule has 0 radical (unpaired) electrons. The Morgan fingerprint density at radius 3 is 2.10 bits per heavy atom. The molecule has 0 aromatic heterocycles. The molecule has 48 heavy (non-hydrogen) atoms. The highest BCUT2D eigenvalue weighted by molar-refractivity contribution is 7.92. The van der Waals surface area contributed by atoms with E-state index in [-0.39, 0.29) is 29.8 Å². The van der Waals surface area contributed by atoms with Crippen molar-refractivity contribution < 1.29 is 18.0 Å². The predicted molar refractivity (Wildman–Crippen MR) is 193 cm³/mol. The molecular formula is C38H41Cl2N3O4S. The fourth-order valence-electron chi connectivity index (χ4n) is 6.13. The Morgan fingerprint density at radius 1 is 0.812 bits per heavy atom. The van der Waals surface area contributed by atoms with E-state index in [0.717, 1.165) is 53.1 Å². The van der Waals surface area contributed by atoms with Crippen molar-refractivity contribution in [2.75, 3.05) is 10.8 Å². The van der Waals surface area contributed by atoms with Gasteiger partial charge in [-0.15, -0.1) is 0 Å². The van der Waals surface area contributed by atoms with Crippen molar-refractivity contribution in [3.05, 3.63) is 129 Å². The maximum Gasteiger partial charge on any atom is 0.264 e. The third kappa shape index (κ3) is 8.98. The molecule has 1 atom stereocenters. The van der Waals surface area contributed by atoms with Gasteiger partial charge in [0.15, 0.2) is 0 Å². The topological polar surface area (TPSA) is 86.8 Å². The number of amides is 2. The zero-order valence-corrected chi connectivity index (χ0v) is 29.6. The summed E-state index contributed by atoms with van der Waals surface area (Å²) in [6.45, 7) is 3.17. The van der Waals surface area contributed by atoms with Crippen molar-refractivity contribution in [3.8, 4) is 0 Å². The quantitative estimate of drug-likeness (QED) is 0.162. The number of aryl methyl sites for hydroxylation is 2. The first-order valence-corrected chi connectivity index (χ1v) is 18.4. The summed E-state index contributed by atoms with van der Waals surface area (Å²) in [6.07, 6.45) is 5.22. The molecule has 0 spiro atoms. The highest BCUT2D eigenvalue weighted by Gasteiger charge is 2.36. The molecule has 4 aromatic carbocycles. The molecule has 1 aliphatic rings. The average Bonchev–Trinajstić information content (AvgIpc) is 3.07. The van der Waals surface area contributed by atoms with Gasteiger partial charge in [-0.05, 0) is 85.8 Å². The molecule has 0 unspecified atom stereocenters. The van der Waals surface area contributed by atoms with Crippen LogP contribution in [-0.2, 0) is 32.6 Å². The minimum Gasteiger partial charge on any atom is -0.352 e. The summed E-state index contributed by atoms with van der Waals surface area (Å²) in [6, 6.07) is 27.2. The van der Waals surface area contributed by atoms with E-state index in [1.54, 1.807) is 49.4 Å². The average molecular weight is 707 g/mol. The Balaban J connectivity index is 1.58. The van der Waals surface area contributed by atoms with Crippen molar-refractivity contribution in [2.24, 2.45) is 0 Å². The summed E-state index contributed by atoms with van der Waals surface area (Å²) in [5.74, 6) is -0.779. The first kappa shape index (κ1) is 35.5. The summed E-state index contributed by atoms with van der Waals surface area (Å²) in [4.78, 5) is 30.5. The Labute approximate surface area is 293 Å². The number of rotatable bonds is 12. The number of hydrogen-bond acceptors (Lipinski definition) is 4. The number of sulfonamides is 1. The van der Waals surface area contributed by atoms with Gasteiger partial charge in [-0.3, -0.25) is 13.9 Å². The van der Waals surface area contributed by atoms with Gasteiger partial charge in [-0.1, -0.05) is 103 Å². The van der Waals surface area contributed by atoms with Gasteiger partial charge in [0, 0.05) is 29.1 Å². The minimum absolute atomic E-state index is 0.0205. The largest absolute Gasteiger partial charge is 0.352 e. The van der Waals surface area contributed by atoms with E-state index in [9.17, 15) is 18.0 Å². The minimum atomic E-state index is -4.22. The van der Waals surface area contributed by atoms with Gasteiger partial charge < -0.3 is 10.2 Å². The molecule has 5 rings (SSSR count). The molecule has 252 valence electrons. The third-order valence-electron chi connectivity index (χ3n) is 8.80. The lowest BCUT2D eigenvalue weighted by Gasteiger charge is -2.35. The van der Waals surface area contributed by atoms with Crippen LogP contribution >= 0.6 is 23.2 Å². The molecule has 2 amide bonds. The molecule has 1 N–H and O–H groups in total. The van der Waals surface area contributed by atoms with Gasteiger partial charge in [0.05, 0.1) is 10.6 Å². The first-order chi connectivity index (χ1) is 23.0. The molecule has 0 saturated heterocycles. The number of hydrogen-bond donors (Lipinski definition) is 1. The molecule has 4 aromatic rings. The predicted octanol–water partition coefficient (Wildman–Crippen LogP) is 7.89. The summed E-state index contributed by atoms with van der Waals surface area (Å²) in [5.41, 5.74) is 3.46. The van der Waals surface area contributed by atoms with E-state index in [1.165, 1.54) is 17.0 Å². The first-order valence-electron chi connectivity index (χ1n) is 16.2. The number of benzene rings is 4. The van der Waals surface area contributed by atoms with Crippen LogP contribution in [0.2, 0.25) is 10.0 Å². The third-order valence-corrected chi connectivity index (χ3v) is 11.1. The molecule has 1 aliphatic carbocycles. The fourth-order valence-corrected chi connectivity index (χ4v) is 7.97. The molecule has 1 saturated carbocycles. The highest BCUT2D eigenvalue weighted by atomic mass is 35.5. The van der Waals surface area contributed by atoms with Crippen LogP contribution in [-0.4, -0.2) is 43.8 Å². The van der Waals surface area contributed by atoms with E-state index in [2.05, 4.69) is 5.32 Å². The van der Waals surface area contributed by atoms with Crippen LogP contribution in [0, 0.1) is 13.8 Å². The Hall–Kier alpha value is -3.85. The van der Waals surface area contributed by atoms with Gasteiger partial charge in [0.1, 0.15) is 12.6 Å².